The number of fused-ring (bicyclic) bond motifs is 10. The predicted molar refractivity (Wildman–Crippen MR) is 259 cm³/mol. The van der Waals surface area contributed by atoms with E-state index >= 15 is 0 Å². The van der Waals surface area contributed by atoms with Crippen LogP contribution < -0.4 is 0 Å². The van der Waals surface area contributed by atoms with Crippen LogP contribution in [0.3, 0.4) is 0 Å². The van der Waals surface area contributed by atoms with Crippen LogP contribution in [0.4, 0.5) is 0 Å². The zero-order valence-corrected chi connectivity index (χ0v) is 35.2. The maximum absolute atomic E-state index is 6.90. The minimum Gasteiger partial charge on any atom is -0.456 e. The highest BCUT2D eigenvalue weighted by Gasteiger charge is 2.39. The van der Waals surface area contributed by atoms with E-state index in [-0.39, 0.29) is 5.92 Å². The Morgan fingerprint density at radius 2 is 1.16 bits per heavy atom. The topological polar surface area (TPSA) is 61.7 Å². The van der Waals surface area contributed by atoms with E-state index in [2.05, 4.69) is 174 Å². The van der Waals surface area contributed by atoms with Crippen molar-refractivity contribution >= 4 is 38.9 Å². The van der Waals surface area contributed by atoms with Crippen LogP contribution in [-0.2, 0) is 12.8 Å². The van der Waals surface area contributed by atoms with Crippen LogP contribution in [0.1, 0.15) is 40.9 Å². The Kier molecular flexibility index (Phi) is 8.28. The molecule has 0 saturated heterocycles. The van der Waals surface area contributed by atoms with E-state index in [1.807, 2.05) is 36.4 Å². The second-order valence-electron chi connectivity index (χ2n) is 17.2. The second kappa shape index (κ2) is 14.5. The summed E-state index contributed by atoms with van der Waals surface area (Å²) in [5, 5.41) is 3.66. The van der Waals surface area contributed by atoms with E-state index in [0.29, 0.717) is 23.5 Å². The molecule has 7 aromatic carbocycles. The molecule has 2 aliphatic rings. The Bertz CT molecular complexity index is 3560. The fraction of sp³-hybridized carbons (Fsp3) is 0.0862. The van der Waals surface area contributed by atoms with Gasteiger partial charge in [-0.2, -0.15) is 9.97 Å². The van der Waals surface area contributed by atoms with E-state index < -0.39 is 0 Å². The lowest BCUT2D eigenvalue weighted by Gasteiger charge is -2.26. The molecule has 11 aromatic rings. The van der Waals surface area contributed by atoms with E-state index in [4.69, 9.17) is 19.4 Å². The highest BCUT2D eigenvalue weighted by atomic mass is 16.3. The second-order valence-corrected chi connectivity index (χ2v) is 17.2. The summed E-state index contributed by atoms with van der Waals surface area (Å²) in [6, 6.07) is 64.5. The molecule has 13 rings (SSSR count). The predicted octanol–water partition coefficient (Wildman–Crippen LogP) is 14.1. The van der Waals surface area contributed by atoms with Crippen molar-refractivity contribution in [2.75, 3.05) is 0 Å². The summed E-state index contributed by atoms with van der Waals surface area (Å²) in [5.74, 6) is 3.16. The van der Waals surface area contributed by atoms with Gasteiger partial charge in [0.15, 0.2) is 11.6 Å². The van der Waals surface area contributed by atoms with Crippen LogP contribution >= 0.6 is 0 Å². The fourth-order valence-corrected chi connectivity index (χ4v) is 10.4. The summed E-state index contributed by atoms with van der Waals surface area (Å²) in [5.41, 5.74) is 15.8. The molecule has 64 heavy (non-hydrogen) atoms. The van der Waals surface area contributed by atoms with Crippen molar-refractivity contribution in [2.45, 2.75) is 25.7 Å². The van der Waals surface area contributed by atoms with E-state index in [1.165, 1.54) is 60.7 Å². The molecule has 0 N–H and O–H groups in total. The lowest BCUT2D eigenvalue weighted by Crippen LogP contribution is -2.19. The number of para-hydroxylation sites is 3. The van der Waals surface area contributed by atoms with Gasteiger partial charge in [-0.1, -0.05) is 171 Å². The van der Waals surface area contributed by atoms with Gasteiger partial charge in [0.2, 0.25) is 5.95 Å². The third-order valence-corrected chi connectivity index (χ3v) is 13.3. The van der Waals surface area contributed by atoms with Gasteiger partial charge in [-0.3, -0.25) is 4.57 Å². The number of hydrogen-bond donors (Lipinski definition) is 0. The molecule has 0 bridgehead atoms. The molecule has 6 nitrogen and oxygen atoms in total. The highest BCUT2D eigenvalue weighted by molar-refractivity contribution is 6.10. The van der Waals surface area contributed by atoms with Crippen molar-refractivity contribution in [1.82, 2.24) is 24.1 Å². The van der Waals surface area contributed by atoms with Gasteiger partial charge >= 0.3 is 0 Å². The first-order valence-corrected chi connectivity index (χ1v) is 22.2. The first-order valence-electron chi connectivity index (χ1n) is 22.2. The first-order chi connectivity index (χ1) is 31.6. The summed E-state index contributed by atoms with van der Waals surface area (Å²) in [7, 11) is 0. The lowest BCUT2D eigenvalue weighted by atomic mass is 9.79. The van der Waals surface area contributed by atoms with Crippen LogP contribution in [-0.4, -0.2) is 24.1 Å². The van der Waals surface area contributed by atoms with Crippen molar-refractivity contribution in [1.29, 1.82) is 0 Å². The van der Waals surface area contributed by atoms with Crippen molar-refractivity contribution < 1.29 is 4.42 Å². The minimum absolute atomic E-state index is 0.0212. The van der Waals surface area contributed by atoms with Crippen molar-refractivity contribution in [2.24, 2.45) is 5.92 Å². The SMILES string of the molecule is CC1C=Cc2c3c(n(-c4nc(-c5ccccc5)nc(-c5ccccc5)n4)c2C1)C(c1ccc(-c2ccc4c5ccccc5n(-c5ccccc5)c4c2)cc1)Cc1c-3oc2ccccc12. The molecule has 0 saturated carbocycles. The average Bonchev–Trinajstić information content (AvgIpc) is 4.02. The third-order valence-electron chi connectivity index (χ3n) is 13.3. The maximum Gasteiger partial charge on any atom is 0.238 e. The van der Waals surface area contributed by atoms with Gasteiger partial charge in [0.25, 0.3) is 0 Å². The Morgan fingerprint density at radius 3 is 1.89 bits per heavy atom. The standard InChI is InChI=1S/C58H41N5O/c1-36-25-31-46-50(33-36)63(58-60-56(39-15-5-2-6-16-39)59-57(61-58)40-17-7-3-8-18-40)54-47(35-48-45-22-12-14-24-52(45)64-55(48)53(46)54)38-28-26-37(27-29-38)41-30-32-44-43-21-11-13-23-49(43)62(51(44)34-41)42-19-9-4-10-20-42/h2-32,34,36,47H,33,35H2,1H3. The summed E-state index contributed by atoms with van der Waals surface area (Å²) < 4.78 is 11.7. The quantitative estimate of drug-likeness (QED) is 0.168. The van der Waals surface area contributed by atoms with Gasteiger partial charge in [0.05, 0.1) is 11.0 Å². The first kappa shape index (κ1) is 36.6. The van der Waals surface area contributed by atoms with Crippen LogP contribution in [0.15, 0.2) is 192 Å². The van der Waals surface area contributed by atoms with Gasteiger partial charge in [-0.05, 0) is 65.8 Å². The lowest BCUT2D eigenvalue weighted by molar-refractivity contribution is 0.608. The molecule has 304 valence electrons. The normalized spacial score (nSPS) is 15.4. The number of furan rings is 1. The van der Waals surface area contributed by atoms with E-state index in [0.717, 1.165) is 52.3 Å². The highest BCUT2D eigenvalue weighted by Crippen LogP contribution is 2.52. The van der Waals surface area contributed by atoms with Crippen molar-refractivity contribution in [3.8, 4) is 56.9 Å². The number of rotatable bonds is 6. The largest absolute Gasteiger partial charge is 0.456 e. The summed E-state index contributed by atoms with van der Waals surface area (Å²) >= 11 is 0. The molecule has 2 atom stereocenters. The molecular formula is C58H41N5O. The monoisotopic (exact) mass is 823 g/mol. The van der Waals surface area contributed by atoms with Crippen LogP contribution in [0.2, 0.25) is 0 Å². The Hall–Kier alpha value is -8.09. The molecular weight excluding hydrogens is 783 g/mol. The molecule has 0 fully saturated rings. The average molecular weight is 824 g/mol. The number of nitrogens with zero attached hydrogens (tertiary/aromatic N) is 5. The third kappa shape index (κ3) is 5.76. The van der Waals surface area contributed by atoms with Gasteiger partial charge in [0, 0.05) is 67.0 Å². The van der Waals surface area contributed by atoms with Gasteiger partial charge in [0.1, 0.15) is 11.3 Å². The molecule has 0 radical (unpaired) electrons. The van der Waals surface area contributed by atoms with Crippen LogP contribution in [0.25, 0.3) is 95.7 Å². The van der Waals surface area contributed by atoms with Gasteiger partial charge in [-0.25, -0.2) is 4.98 Å². The molecule has 4 aromatic heterocycles. The fourth-order valence-electron chi connectivity index (χ4n) is 10.4. The number of hydrogen-bond acceptors (Lipinski definition) is 4. The number of allylic oxidation sites excluding steroid dienone is 1. The molecule has 0 spiro atoms. The molecule has 0 aliphatic heterocycles. The van der Waals surface area contributed by atoms with E-state index in [1.54, 1.807) is 0 Å². The maximum atomic E-state index is 6.90. The molecule has 6 heteroatoms. The van der Waals surface area contributed by atoms with Crippen molar-refractivity contribution in [3.63, 3.8) is 0 Å². The smallest absolute Gasteiger partial charge is 0.238 e. The Balaban J connectivity index is 1.01. The number of benzene rings is 7. The molecule has 2 aliphatic carbocycles. The molecule has 0 amide bonds. The Morgan fingerprint density at radius 1 is 0.531 bits per heavy atom. The number of aromatic nitrogens is 5. The summed E-state index contributed by atoms with van der Waals surface area (Å²) in [4.78, 5) is 15.8. The molecule has 2 unspecified atom stereocenters. The summed E-state index contributed by atoms with van der Waals surface area (Å²) in [6.07, 6.45) is 6.25. The van der Waals surface area contributed by atoms with Gasteiger partial charge in [-0.15, -0.1) is 0 Å². The minimum atomic E-state index is -0.0212. The van der Waals surface area contributed by atoms with E-state index in [9.17, 15) is 0 Å². The van der Waals surface area contributed by atoms with Crippen LogP contribution in [0.5, 0.6) is 0 Å². The van der Waals surface area contributed by atoms with Gasteiger partial charge < -0.3 is 8.98 Å². The zero-order chi connectivity index (χ0) is 42.3. The van der Waals surface area contributed by atoms with Crippen LogP contribution in [0, 0.1) is 5.92 Å². The molecule has 4 heterocycles. The summed E-state index contributed by atoms with van der Waals surface area (Å²) in [6.45, 7) is 2.29. The van der Waals surface area contributed by atoms with Crippen molar-refractivity contribution in [3.05, 3.63) is 216 Å². The Labute approximate surface area is 370 Å². The zero-order valence-electron chi connectivity index (χ0n) is 35.2.